The molecular formula is C62H36N6. The first-order valence-electron chi connectivity index (χ1n) is 22.8. The van der Waals surface area contributed by atoms with Gasteiger partial charge in [-0.25, -0.2) is 0 Å². The summed E-state index contributed by atoms with van der Waals surface area (Å²) in [6.45, 7) is 0. The van der Waals surface area contributed by atoms with Crippen LogP contribution >= 0.6 is 0 Å². The van der Waals surface area contributed by atoms with E-state index in [0.717, 1.165) is 99.6 Å². The van der Waals surface area contributed by atoms with Gasteiger partial charge in [0, 0.05) is 60.0 Å². The molecule has 0 amide bonds. The molecule has 6 nitrogen and oxygen atoms in total. The molecule has 4 heterocycles. The lowest BCUT2D eigenvalue weighted by Crippen LogP contribution is -2.05. The van der Waals surface area contributed by atoms with Gasteiger partial charge in [-0.1, -0.05) is 121 Å². The van der Waals surface area contributed by atoms with E-state index in [4.69, 9.17) is 0 Å². The number of nitriles is 2. The van der Waals surface area contributed by atoms with E-state index in [2.05, 4.69) is 218 Å². The quantitative estimate of drug-likeness (QED) is 0.173. The number of para-hydroxylation sites is 6. The number of aromatic nitrogens is 4. The molecule has 0 aliphatic rings. The Kier molecular flexibility index (Phi) is 8.01. The van der Waals surface area contributed by atoms with E-state index < -0.39 is 0 Å². The van der Waals surface area contributed by atoms with Crippen LogP contribution in [-0.4, -0.2) is 18.3 Å². The van der Waals surface area contributed by atoms with Crippen LogP contribution in [0.1, 0.15) is 11.1 Å². The summed E-state index contributed by atoms with van der Waals surface area (Å²) in [5.74, 6) is 0. The first kappa shape index (κ1) is 37.7. The average Bonchev–Trinajstić information content (AvgIpc) is 4.13. The van der Waals surface area contributed by atoms with Crippen molar-refractivity contribution in [3.05, 3.63) is 230 Å². The van der Waals surface area contributed by atoms with Crippen molar-refractivity contribution >= 4 is 87.2 Å². The van der Waals surface area contributed by atoms with Crippen LogP contribution in [0.3, 0.4) is 0 Å². The first-order valence-corrected chi connectivity index (χ1v) is 22.8. The smallest absolute Gasteiger partial charge is 0.0993 e. The van der Waals surface area contributed by atoms with Crippen molar-refractivity contribution in [2.24, 2.45) is 0 Å². The van der Waals surface area contributed by atoms with E-state index in [1.807, 2.05) is 30.3 Å². The number of nitrogens with zero attached hydrogens (tertiary/aromatic N) is 6. The van der Waals surface area contributed by atoms with Gasteiger partial charge in [0.25, 0.3) is 0 Å². The van der Waals surface area contributed by atoms with Crippen LogP contribution in [0.25, 0.3) is 121 Å². The maximum Gasteiger partial charge on any atom is 0.0993 e. The zero-order valence-corrected chi connectivity index (χ0v) is 36.5. The lowest BCUT2D eigenvalue weighted by Gasteiger charge is -2.21. The van der Waals surface area contributed by atoms with Gasteiger partial charge in [0.15, 0.2) is 0 Å². The molecule has 0 radical (unpaired) electrons. The Morgan fingerprint density at radius 2 is 0.603 bits per heavy atom. The third-order valence-corrected chi connectivity index (χ3v) is 14.0. The molecule has 10 aromatic carbocycles. The maximum absolute atomic E-state index is 11.0. The van der Waals surface area contributed by atoms with Crippen LogP contribution in [0.15, 0.2) is 218 Å². The largest absolute Gasteiger partial charge is 0.309 e. The maximum atomic E-state index is 11.0. The molecule has 0 unspecified atom stereocenters. The molecule has 14 rings (SSSR count). The van der Waals surface area contributed by atoms with Gasteiger partial charge in [0.1, 0.15) is 0 Å². The van der Waals surface area contributed by atoms with Gasteiger partial charge < -0.3 is 18.3 Å². The van der Waals surface area contributed by atoms with Gasteiger partial charge >= 0.3 is 0 Å². The van der Waals surface area contributed by atoms with Crippen molar-refractivity contribution < 1.29 is 0 Å². The molecule has 4 aromatic heterocycles. The number of fused-ring (bicyclic) bond motifs is 12. The van der Waals surface area contributed by atoms with E-state index in [9.17, 15) is 10.5 Å². The van der Waals surface area contributed by atoms with Crippen LogP contribution in [0.5, 0.6) is 0 Å². The van der Waals surface area contributed by atoms with E-state index in [1.54, 1.807) is 0 Å². The normalized spacial score (nSPS) is 11.8. The fourth-order valence-corrected chi connectivity index (χ4v) is 11.2. The van der Waals surface area contributed by atoms with E-state index in [-0.39, 0.29) is 0 Å². The van der Waals surface area contributed by atoms with Crippen LogP contribution < -0.4 is 0 Å². The van der Waals surface area contributed by atoms with Crippen molar-refractivity contribution in [1.82, 2.24) is 18.3 Å². The summed E-state index contributed by atoms with van der Waals surface area (Å²) in [6, 6.07) is 81.8. The molecule has 68 heavy (non-hydrogen) atoms. The SMILES string of the molecule is N#Cc1cccc(-c2c(-n3c4ccccc4c4cc(-n5c6ccccc6c6ccccc65)ccc43)cc(C#N)cc2-n2c3ccccc3c3cc(-n4c5ccccc5c5ccccc54)ccc32)c1. The molecule has 0 atom stereocenters. The Bertz CT molecular complexity index is 4180. The molecular weight excluding hydrogens is 829 g/mol. The summed E-state index contributed by atoms with van der Waals surface area (Å²) >= 11 is 0. The zero-order chi connectivity index (χ0) is 45.0. The molecule has 314 valence electrons. The molecule has 14 aromatic rings. The van der Waals surface area contributed by atoms with Gasteiger partial charge in [0.05, 0.1) is 78.8 Å². The number of rotatable bonds is 5. The van der Waals surface area contributed by atoms with Crippen molar-refractivity contribution in [2.75, 3.05) is 0 Å². The van der Waals surface area contributed by atoms with Crippen molar-refractivity contribution in [2.45, 2.75) is 0 Å². The molecule has 6 heteroatoms. The highest BCUT2D eigenvalue weighted by Gasteiger charge is 2.25. The minimum absolute atomic E-state index is 0.524. The Morgan fingerprint density at radius 1 is 0.265 bits per heavy atom. The van der Waals surface area contributed by atoms with Crippen molar-refractivity contribution in [3.63, 3.8) is 0 Å². The fourth-order valence-electron chi connectivity index (χ4n) is 11.2. The Balaban J connectivity index is 1.07. The second-order valence-electron chi connectivity index (χ2n) is 17.5. The van der Waals surface area contributed by atoms with Gasteiger partial charge in [-0.15, -0.1) is 0 Å². The Morgan fingerprint density at radius 3 is 0.985 bits per heavy atom. The van der Waals surface area contributed by atoms with Gasteiger partial charge in [-0.05, 0) is 103 Å². The van der Waals surface area contributed by atoms with Crippen LogP contribution in [-0.2, 0) is 0 Å². The van der Waals surface area contributed by atoms with Crippen LogP contribution in [0.2, 0.25) is 0 Å². The Hall–Kier alpha value is -9.62. The summed E-state index contributed by atoms with van der Waals surface area (Å²) in [6.07, 6.45) is 0. The summed E-state index contributed by atoms with van der Waals surface area (Å²) in [7, 11) is 0. The molecule has 0 saturated heterocycles. The standard InChI is InChI=1S/C62H36N6/c63-37-39-14-13-15-41(32-39)62-60(67-56-26-11-5-20-48(56)50-35-42(28-30-58(50)67)65-52-22-7-1-16-44(52)45-17-2-8-23-53(45)65)33-40(38-64)34-61(62)68-57-27-12-6-21-49(57)51-36-43(29-31-59(51)68)66-54-24-9-3-18-46(54)47-19-4-10-25-55(47)66/h1-36H. The molecule has 0 aliphatic carbocycles. The predicted molar refractivity (Wildman–Crippen MR) is 279 cm³/mol. The van der Waals surface area contributed by atoms with Crippen LogP contribution in [0.4, 0.5) is 0 Å². The summed E-state index contributed by atoms with van der Waals surface area (Å²) in [5.41, 5.74) is 15.3. The van der Waals surface area contributed by atoms with Crippen LogP contribution in [0, 0.1) is 22.7 Å². The molecule has 0 spiro atoms. The van der Waals surface area contributed by atoms with Crippen molar-refractivity contribution in [3.8, 4) is 46.0 Å². The van der Waals surface area contributed by atoms with Gasteiger partial charge in [0.2, 0.25) is 0 Å². The second kappa shape index (κ2) is 14.4. The zero-order valence-electron chi connectivity index (χ0n) is 36.5. The van der Waals surface area contributed by atoms with Gasteiger partial charge in [-0.3, -0.25) is 0 Å². The summed E-state index contributed by atoms with van der Waals surface area (Å²) in [5, 5.41) is 30.5. The van der Waals surface area contributed by atoms with E-state index >= 15 is 0 Å². The Labute approximate surface area is 389 Å². The number of hydrogen-bond donors (Lipinski definition) is 0. The second-order valence-corrected chi connectivity index (χ2v) is 17.5. The minimum Gasteiger partial charge on any atom is -0.309 e. The lowest BCUT2D eigenvalue weighted by atomic mass is 9.97. The first-order chi connectivity index (χ1) is 33.7. The third-order valence-electron chi connectivity index (χ3n) is 14.0. The molecule has 0 N–H and O–H groups in total. The summed E-state index contributed by atoms with van der Waals surface area (Å²) < 4.78 is 9.34. The minimum atomic E-state index is 0.524. The number of hydrogen-bond acceptors (Lipinski definition) is 2. The highest BCUT2D eigenvalue weighted by atomic mass is 15.0. The monoisotopic (exact) mass is 864 g/mol. The van der Waals surface area contributed by atoms with Crippen molar-refractivity contribution in [1.29, 1.82) is 10.5 Å². The highest BCUT2D eigenvalue weighted by Crippen LogP contribution is 2.45. The average molecular weight is 865 g/mol. The fraction of sp³-hybridized carbons (Fsp3) is 0. The molecule has 0 saturated carbocycles. The van der Waals surface area contributed by atoms with E-state index in [1.165, 1.54) is 21.5 Å². The van der Waals surface area contributed by atoms with E-state index in [0.29, 0.717) is 11.1 Å². The molecule has 0 bridgehead atoms. The molecule has 0 aliphatic heterocycles. The topological polar surface area (TPSA) is 67.3 Å². The molecule has 0 fully saturated rings. The highest BCUT2D eigenvalue weighted by molar-refractivity contribution is 6.15. The number of benzene rings is 10. The lowest BCUT2D eigenvalue weighted by molar-refractivity contribution is 1.13. The summed E-state index contributed by atoms with van der Waals surface area (Å²) in [4.78, 5) is 0. The van der Waals surface area contributed by atoms with Gasteiger partial charge in [-0.2, -0.15) is 10.5 Å². The predicted octanol–water partition coefficient (Wildman–Crippen LogP) is 15.5. The third kappa shape index (κ3) is 5.31.